The lowest BCUT2D eigenvalue weighted by Crippen LogP contribution is -2.06. The van der Waals surface area contributed by atoms with E-state index in [9.17, 15) is 0 Å². The van der Waals surface area contributed by atoms with E-state index in [0.717, 1.165) is 59.3 Å². The molecule has 2 N–H and O–H groups in total. The van der Waals surface area contributed by atoms with Gasteiger partial charge in [0.2, 0.25) is 0 Å². The summed E-state index contributed by atoms with van der Waals surface area (Å²) in [6.45, 7) is 5.03. The first-order valence-corrected chi connectivity index (χ1v) is 8.25. The normalized spacial score (nSPS) is 12.2. The molecule has 2 aromatic heterocycles. The molecule has 0 amide bonds. The summed E-state index contributed by atoms with van der Waals surface area (Å²) in [4.78, 5) is 14.1. The summed E-state index contributed by atoms with van der Waals surface area (Å²) in [5.41, 5.74) is 9.90. The Hall–Kier alpha value is -2.63. The average Bonchev–Trinajstić information content (AvgIpc) is 2.93. The fourth-order valence-corrected chi connectivity index (χ4v) is 3.05. The standard InChI is InChI=1S/C18H23N5O/c1-4-11-23-15(10-9-12(2)22-24-3)21-16-17(23)13-7-5-6-8-14(13)20-18(16)19/h5-8H,4,9-11H2,1-3H3,(H2,19,20)/b22-12+. The molecule has 24 heavy (non-hydrogen) atoms. The van der Waals surface area contributed by atoms with Crippen LogP contribution < -0.4 is 5.73 Å². The first-order chi connectivity index (χ1) is 11.7. The molecule has 3 aromatic rings. The molecule has 3 rings (SSSR count). The summed E-state index contributed by atoms with van der Waals surface area (Å²) in [6.07, 6.45) is 2.62. The van der Waals surface area contributed by atoms with Crippen LogP contribution in [0.2, 0.25) is 0 Å². The Bertz CT molecular complexity index is 897. The number of rotatable bonds is 6. The quantitative estimate of drug-likeness (QED) is 0.555. The van der Waals surface area contributed by atoms with Crippen LogP contribution >= 0.6 is 0 Å². The van der Waals surface area contributed by atoms with Crippen LogP contribution in [0.3, 0.4) is 0 Å². The van der Waals surface area contributed by atoms with Gasteiger partial charge in [-0.2, -0.15) is 0 Å². The van der Waals surface area contributed by atoms with Crippen molar-refractivity contribution in [2.45, 2.75) is 39.7 Å². The monoisotopic (exact) mass is 325 g/mol. The second kappa shape index (κ2) is 6.86. The molecule has 0 bridgehead atoms. The van der Waals surface area contributed by atoms with Crippen molar-refractivity contribution in [3.63, 3.8) is 0 Å². The first kappa shape index (κ1) is 16.2. The van der Waals surface area contributed by atoms with E-state index >= 15 is 0 Å². The molecule has 0 radical (unpaired) electrons. The number of nitrogens with zero attached hydrogens (tertiary/aromatic N) is 4. The maximum absolute atomic E-state index is 6.17. The summed E-state index contributed by atoms with van der Waals surface area (Å²) < 4.78 is 2.27. The molecule has 0 fully saturated rings. The number of nitrogens with two attached hydrogens (primary N) is 1. The van der Waals surface area contributed by atoms with Gasteiger partial charge in [0.05, 0.1) is 16.7 Å². The minimum Gasteiger partial charge on any atom is -0.399 e. The molecule has 0 aliphatic rings. The van der Waals surface area contributed by atoms with Gasteiger partial charge in [0, 0.05) is 18.4 Å². The van der Waals surface area contributed by atoms with Crippen molar-refractivity contribution >= 4 is 33.5 Å². The molecule has 0 aliphatic carbocycles. The van der Waals surface area contributed by atoms with Crippen molar-refractivity contribution in [3.8, 4) is 0 Å². The van der Waals surface area contributed by atoms with Gasteiger partial charge in [0.15, 0.2) is 5.82 Å². The van der Waals surface area contributed by atoms with E-state index < -0.39 is 0 Å². The van der Waals surface area contributed by atoms with Gasteiger partial charge < -0.3 is 15.1 Å². The molecular weight excluding hydrogens is 302 g/mol. The number of nitrogen functional groups attached to an aromatic ring is 1. The third-order valence-electron chi connectivity index (χ3n) is 4.09. The van der Waals surface area contributed by atoms with Crippen molar-refractivity contribution in [3.05, 3.63) is 30.1 Å². The van der Waals surface area contributed by atoms with Gasteiger partial charge >= 0.3 is 0 Å². The highest BCUT2D eigenvalue weighted by atomic mass is 16.6. The molecule has 0 aliphatic heterocycles. The van der Waals surface area contributed by atoms with Crippen LogP contribution in [0.1, 0.15) is 32.5 Å². The average molecular weight is 325 g/mol. The van der Waals surface area contributed by atoms with Crippen molar-refractivity contribution in [1.29, 1.82) is 0 Å². The van der Waals surface area contributed by atoms with E-state index in [1.54, 1.807) is 7.11 Å². The Morgan fingerprint density at radius 2 is 2.08 bits per heavy atom. The third-order valence-corrected chi connectivity index (χ3v) is 4.09. The lowest BCUT2D eigenvalue weighted by molar-refractivity contribution is 0.212. The topological polar surface area (TPSA) is 78.3 Å². The number of hydrogen-bond acceptors (Lipinski definition) is 5. The van der Waals surface area contributed by atoms with E-state index in [2.05, 4.69) is 27.7 Å². The highest BCUT2D eigenvalue weighted by Gasteiger charge is 2.16. The number of imidazole rings is 1. The van der Waals surface area contributed by atoms with Gasteiger partial charge in [-0.25, -0.2) is 9.97 Å². The second-order valence-corrected chi connectivity index (χ2v) is 5.90. The number of fused-ring (bicyclic) bond motifs is 3. The molecule has 1 aromatic carbocycles. The summed E-state index contributed by atoms with van der Waals surface area (Å²) >= 11 is 0. The Balaban J connectivity index is 2.16. The number of oxime groups is 1. The predicted octanol–water partition coefficient (Wildman–Crippen LogP) is 3.53. The smallest absolute Gasteiger partial charge is 0.152 e. The molecule has 6 nitrogen and oxygen atoms in total. The molecular formula is C18H23N5O. The Labute approximate surface area is 141 Å². The summed E-state index contributed by atoms with van der Waals surface area (Å²) in [5.74, 6) is 1.50. The molecule has 126 valence electrons. The minimum atomic E-state index is 0.488. The van der Waals surface area contributed by atoms with Crippen LogP contribution in [0.4, 0.5) is 5.82 Å². The SMILES string of the molecule is CCCn1c(CC/C(C)=N/OC)nc2c(N)nc3ccccc3c21. The van der Waals surface area contributed by atoms with Gasteiger partial charge in [-0.3, -0.25) is 0 Å². The summed E-state index contributed by atoms with van der Waals surface area (Å²) in [7, 11) is 1.56. The third kappa shape index (κ3) is 2.91. The number of pyridine rings is 1. The molecule has 6 heteroatoms. The molecule has 0 saturated carbocycles. The second-order valence-electron chi connectivity index (χ2n) is 5.90. The Kier molecular flexibility index (Phi) is 4.64. The van der Waals surface area contributed by atoms with Crippen molar-refractivity contribution < 1.29 is 4.84 Å². The van der Waals surface area contributed by atoms with Gasteiger partial charge in [0.1, 0.15) is 18.5 Å². The van der Waals surface area contributed by atoms with Gasteiger partial charge in [-0.05, 0) is 25.8 Å². The van der Waals surface area contributed by atoms with Crippen LogP contribution in [0.5, 0.6) is 0 Å². The largest absolute Gasteiger partial charge is 0.399 e. The molecule has 0 saturated heterocycles. The summed E-state index contributed by atoms with van der Waals surface area (Å²) in [5, 5.41) is 5.07. The zero-order valence-corrected chi connectivity index (χ0v) is 14.4. The molecule has 0 spiro atoms. The number of benzene rings is 1. The van der Waals surface area contributed by atoms with E-state index in [1.807, 2.05) is 25.1 Å². The summed E-state index contributed by atoms with van der Waals surface area (Å²) in [6, 6.07) is 8.08. The van der Waals surface area contributed by atoms with E-state index in [4.69, 9.17) is 15.6 Å². The number of hydrogen-bond donors (Lipinski definition) is 1. The van der Waals surface area contributed by atoms with Crippen LogP contribution in [0.15, 0.2) is 29.4 Å². The Morgan fingerprint density at radius 3 is 2.83 bits per heavy atom. The molecule has 2 heterocycles. The highest BCUT2D eigenvalue weighted by Crippen LogP contribution is 2.29. The highest BCUT2D eigenvalue weighted by molar-refractivity contribution is 6.06. The Morgan fingerprint density at radius 1 is 1.29 bits per heavy atom. The van der Waals surface area contributed by atoms with Crippen molar-refractivity contribution in [2.75, 3.05) is 12.8 Å². The van der Waals surface area contributed by atoms with Crippen LogP contribution in [-0.4, -0.2) is 27.4 Å². The lowest BCUT2D eigenvalue weighted by Gasteiger charge is -2.09. The van der Waals surface area contributed by atoms with Crippen LogP contribution in [0.25, 0.3) is 21.9 Å². The van der Waals surface area contributed by atoms with E-state index in [-0.39, 0.29) is 0 Å². The fraction of sp³-hybridized carbons (Fsp3) is 0.389. The van der Waals surface area contributed by atoms with E-state index in [1.165, 1.54) is 0 Å². The fourth-order valence-electron chi connectivity index (χ4n) is 3.05. The predicted molar refractivity (Wildman–Crippen MR) is 98.2 cm³/mol. The van der Waals surface area contributed by atoms with Crippen LogP contribution in [-0.2, 0) is 17.8 Å². The van der Waals surface area contributed by atoms with E-state index in [0.29, 0.717) is 5.82 Å². The van der Waals surface area contributed by atoms with Gasteiger partial charge in [0.25, 0.3) is 0 Å². The minimum absolute atomic E-state index is 0.488. The number of aryl methyl sites for hydroxylation is 2. The number of anilines is 1. The first-order valence-electron chi connectivity index (χ1n) is 8.25. The van der Waals surface area contributed by atoms with Gasteiger partial charge in [-0.15, -0.1) is 0 Å². The zero-order chi connectivity index (χ0) is 17.1. The molecule has 0 unspecified atom stereocenters. The van der Waals surface area contributed by atoms with Crippen molar-refractivity contribution in [2.24, 2.45) is 5.16 Å². The van der Waals surface area contributed by atoms with Gasteiger partial charge in [-0.1, -0.05) is 30.3 Å². The molecule has 0 atom stereocenters. The number of para-hydroxylation sites is 1. The lowest BCUT2D eigenvalue weighted by atomic mass is 10.2. The van der Waals surface area contributed by atoms with Crippen LogP contribution in [0, 0.1) is 0 Å². The maximum Gasteiger partial charge on any atom is 0.152 e. The maximum atomic E-state index is 6.17. The number of aromatic nitrogens is 3. The zero-order valence-electron chi connectivity index (χ0n) is 14.4. The van der Waals surface area contributed by atoms with Crippen molar-refractivity contribution in [1.82, 2.24) is 14.5 Å².